The average molecular weight is 418 g/mol. The molecule has 24 heavy (non-hydrogen) atoms. The van der Waals surface area contributed by atoms with Crippen molar-refractivity contribution in [1.82, 2.24) is 20.4 Å². The third-order valence-corrected chi connectivity index (χ3v) is 3.80. The first-order valence-corrected chi connectivity index (χ1v) is 8.14. The minimum Gasteiger partial charge on any atom is -0.489 e. The van der Waals surface area contributed by atoms with Crippen molar-refractivity contribution in [2.75, 3.05) is 13.6 Å². The molecule has 0 aliphatic heterocycles. The van der Waals surface area contributed by atoms with Gasteiger partial charge in [0.15, 0.2) is 0 Å². The molecule has 8 heteroatoms. The number of carbonyl (C=O) groups is 1. The lowest BCUT2D eigenvalue weighted by molar-refractivity contribution is -0.123. The summed E-state index contributed by atoms with van der Waals surface area (Å²) in [6.07, 6.45) is 3.37. The Hall–Kier alpha value is -1.57. The molecule has 1 aromatic carbocycles. The minimum absolute atomic E-state index is 0. The lowest BCUT2D eigenvalue weighted by Crippen LogP contribution is -2.40. The number of nitrogens with one attached hydrogen (secondary N) is 2. The SMILES string of the molecule is CNC(C(=O)NCC(C)Oc1cccc(Br)c1)c1cnn(C)c1.Cl. The van der Waals surface area contributed by atoms with Crippen LogP contribution in [0.5, 0.6) is 5.75 Å². The Morgan fingerprint density at radius 2 is 2.21 bits per heavy atom. The highest BCUT2D eigenvalue weighted by Gasteiger charge is 2.20. The topological polar surface area (TPSA) is 68.2 Å². The Morgan fingerprint density at radius 1 is 1.46 bits per heavy atom. The molecule has 0 saturated carbocycles. The van der Waals surface area contributed by atoms with Crippen LogP contribution in [0.25, 0.3) is 0 Å². The summed E-state index contributed by atoms with van der Waals surface area (Å²) in [5.41, 5.74) is 0.827. The maximum Gasteiger partial charge on any atom is 0.241 e. The quantitative estimate of drug-likeness (QED) is 0.726. The van der Waals surface area contributed by atoms with Gasteiger partial charge in [0, 0.05) is 23.3 Å². The van der Waals surface area contributed by atoms with E-state index in [1.807, 2.05) is 44.4 Å². The summed E-state index contributed by atoms with van der Waals surface area (Å²) in [6.45, 7) is 2.34. The number of carbonyl (C=O) groups excluding carboxylic acids is 1. The number of benzene rings is 1. The molecule has 2 atom stereocenters. The molecule has 132 valence electrons. The van der Waals surface area contributed by atoms with Crippen LogP contribution in [0.2, 0.25) is 0 Å². The van der Waals surface area contributed by atoms with Gasteiger partial charge in [-0.15, -0.1) is 12.4 Å². The Balaban J connectivity index is 0.00000288. The fourth-order valence-electron chi connectivity index (χ4n) is 2.20. The van der Waals surface area contributed by atoms with Crippen LogP contribution >= 0.6 is 28.3 Å². The number of likely N-dealkylation sites (N-methyl/N-ethyl adjacent to an activating group) is 1. The van der Waals surface area contributed by atoms with Gasteiger partial charge in [0.2, 0.25) is 5.91 Å². The smallest absolute Gasteiger partial charge is 0.241 e. The molecule has 0 aliphatic carbocycles. The zero-order valence-corrected chi connectivity index (χ0v) is 16.2. The summed E-state index contributed by atoms with van der Waals surface area (Å²) >= 11 is 3.40. The van der Waals surface area contributed by atoms with E-state index in [-0.39, 0.29) is 24.4 Å². The van der Waals surface area contributed by atoms with Gasteiger partial charge in [-0.1, -0.05) is 22.0 Å². The Labute approximate surface area is 156 Å². The molecule has 0 bridgehead atoms. The first-order chi connectivity index (χ1) is 11.0. The molecule has 0 spiro atoms. The van der Waals surface area contributed by atoms with Crippen LogP contribution < -0.4 is 15.4 Å². The number of hydrogen-bond donors (Lipinski definition) is 2. The van der Waals surface area contributed by atoms with Crippen molar-refractivity contribution < 1.29 is 9.53 Å². The first kappa shape index (κ1) is 20.5. The number of nitrogens with zero attached hydrogens (tertiary/aromatic N) is 2. The molecule has 1 aromatic heterocycles. The molecule has 1 amide bonds. The van der Waals surface area contributed by atoms with Crippen molar-refractivity contribution in [3.63, 3.8) is 0 Å². The van der Waals surface area contributed by atoms with Crippen LogP contribution in [-0.4, -0.2) is 35.4 Å². The molecule has 0 fully saturated rings. The van der Waals surface area contributed by atoms with E-state index in [1.54, 1.807) is 17.9 Å². The van der Waals surface area contributed by atoms with Crippen LogP contribution in [0.4, 0.5) is 0 Å². The second-order valence-corrected chi connectivity index (χ2v) is 6.22. The second kappa shape index (κ2) is 9.66. The maximum atomic E-state index is 12.3. The Bertz CT molecular complexity index is 665. The third kappa shape index (κ3) is 5.81. The Kier molecular flexibility index (Phi) is 8.24. The molecule has 2 N–H and O–H groups in total. The molecular weight excluding hydrogens is 396 g/mol. The van der Waals surface area contributed by atoms with Crippen LogP contribution in [0, 0.1) is 0 Å². The van der Waals surface area contributed by atoms with Gasteiger partial charge in [-0.05, 0) is 32.2 Å². The Morgan fingerprint density at radius 3 is 2.79 bits per heavy atom. The van der Waals surface area contributed by atoms with Gasteiger partial charge in [-0.3, -0.25) is 9.48 Å². The van der Waals surface area contributed by atoms with E-state index >= 15 is 0 Å². The predicted octanol–water partition coefficient (Wildman–Crippen LogP) is 2.45. The average Bonchev–Trinajstić information content (AvgIpc) is 2.92. The zero-order chi connectivity index (χ0) is 16.8. The fraction of sp³-hybridized carbons (Fsp3) is 0.375. The molecule has 2 rings (SSSR count). The second-order valence-electron chi connectivity index (χ2n) is 5.30. The summed E-state index contributed by atoms with van der Waals surface area (Å²) in [6, 6.07) is 7.19. The number of aromatic nitrogens is 2. The van der Waals surface area contributed by atoms with Gasteiger partial charge in [0.25, 0.3) is 0 Å². The molecule has 0 aliphatic rings. The number of amides is 1. The molecule has 2 aromatic rings. The number of halogens is 2. The molecule has 0 saturated heterocycles. The first-order valence-electron chi connectivity index (χ1n) is 7.35. The van der Waals surface area contributed by atoms with Crippen molar-refractivity contribution in [2.24, 2.45) is 7.05 Å². The highest BCUT2D eigenvalue weighted by molar-refractivity contribution is 9.10. The highest BCUT2D eigenvalue weighted by atomic mass is 79.9. The van der Waals surface area contributed by atoms with E-state index in [0.717, 1.165) is 15.8 Å². The molecule has 0 radical (unpaired) electrons. The van der Waals surface area contributed by atoms with E-state index < -0.39 is 6.04 Å². The summed E-state index contributed by atoms with van der Waals surface area (Å²) in [7, 11) is 3.57. The third-order valence-electron chi connectivity index (χ3n) is 3.31. The number of hydrogen-bond acceptors (Lipinski definition) is 4. The highest BCUT2D eigenvalue weighted by Crippen LogP contribution is 2.18. The number of rotatable bonds is 7. The van der Waals surface area contributed by atoms with Crippen LogP contribution in [0.3, 0.4) is 0 Å². The van der Waals surface area contributed by atoms with Crippen molar-refractivity contribution in [2.45, 2.75) is 19.1 Å². The lowest BCUT2D eigenvalue weighted by Gasteiger charge is -2.18. The van der Waals surface area contributed by atoms with Gasteiger partial charge < -0.3 is 15.4 Å². The molecular formula is C16H22BrClN4O2. The van der Waals surface area contributed by atoms with Gasteiger partial charge in [-0.25, -0.2) is 0 Å². The van der Waals surface area contributed by atoms with Gasteiger partial charge in [0.1, 0.15) is 17.9 Å². The molecule has 2 unspecified atom stereocenters. The van der Waals surface area contributed by atoms with E-state index in [1.165, 1.54) is 0 Å². The van der Waals surface area contributed by atoms with Crippen LogP contribution in [-0.2, 0) is 11.8 Å². The van der Waals surface area contributed by atoms with E-state index in [4.69, 9.17) is 4.74 Å². The zero-order valence-electron chi connectivity index (χ0n) is 13.8. The minimum atomic E-state index is -0.429. The predicted molar refractivity (Wildman–Crippen MR) is 99.5 cm³/mol. The van der Waals surface area contributed by atoms with Gasteiger partial charge >= 0.3 is 0 Å². The summed E-state index contributed by atoms with van der Waals surface area (Å²) < 4.78 is 8.42. The van der Waals surface area contributed by atoms with E-state index in [0.29, 0.717) is 6.54 Å². The normalized spacial score (nSPS) is 12.8. The van der Waals surface area contributed by atoms with Crippen molar-refractivity contribution in [1.29, 1.82) is 0 Å². The van der Waals surface area contributed by atoms with E-state index in [2.05, 4.69) is 31.7 Å². The summed E-state index contributed by atoms with van der Waals surface area (Å²) in [5.74, 6) is 0.656. The van der Waals surface area contributed by atoms with Crippen LogP contribution in [0.1, 0.15) is 18.5 Å². The number of aryl methyl sites for hydroxylation is 1. The molecule has 1 heterocycles. The van der Waals surface area contributed by atoms with Crippen molar-refractivity contribution >= 4 is 34.2 Å². The number of ether oxygens (including phenoxy) is 1. The maximum absolute atomic E-state index is 12.3. The van der Waals surface area contributed by atoms with Crippen molar-refractivity contribution in [3.05, 3.63) is 46.7 Å². The van der Waals surface area contributed by atoms with E-state index in [9.17, 15) is 4.79 Å². The molecule has 6 nitrogen and oxygen atoms in total. The van der Waals surface area contributed by atoms with Gasteiger partial charge in [0.05, 0.1) is 12.7 Å². The fourth-order valence-corrected chi connectivity index (χ4v) is 2.58. The monoisotopic (exact) mass is 416 g/mol. The van der Waals surface area contributed by atoms with Crippen LogP contribution in [0.15, 0.2) is 41.1 Å². The largest absolute Gasteiger partial charge is 0.489 e. The van der Waals surface area contributed by atoms with Crippen molar-refractivity contribution in [3.8, 4) is 5.75 Å². The standard InChI is InChI=1S/C16H21BrN4O2.ClH/c1-11(23-14-6-4-5-13(17)7-14)8-19-16(22)15(18-2)12-9-20-21(3)10-12;/h4-7,9-11,15,18H,8H2,1-3H3,(H,19,22);1H. The lowest BCUT2D eigenvalue weighted by atomic mass is 10.1. The summed E-state index contributed by atoms with van der Waals surface area (Å²) in [4.78, 5) is 12.3. The van der Waals surface area contributed by atoms with Gasteiger partial charge in [-0.2, -0.15) is 5.10 Å². The summed E-state index contributed by atoms with van der Waals surface area (Å²) in [5, 5.41) is 10.00.